The molecule has 0 aliphatic rings. The lowest BCUT2D eigenvalue weighted by atomic mass is 10.2. The van der Waals surface area contributed by atoms with E-state index in [0.717, 1.165) is 62.6 Å². The van der Waals surface area contributed by atoms with E-state index < -0.39 is 0 Å². The van der Waals surface area contributed by atoms with Crippen molar-refractivity contribution in [2.75, 3.05) is 46.5 Å². The summed E-state index contributed by atoms with van der Waals surface area (Å²) < 4.78 is 0.910. The van der Waals surface area contributed by atoms with Crippen molar-refractivity contribution in [3.8, 4) is 0 Å². The fraction of sp³-hybridized carbons (Fsp3) is 1.00. The predicted molar refractivity (Wildman–Crippen MR) is 69.7 cm³/mol. The highest BCUT2D eigenvalue weighted by Gasteiger charge is 2.19. The maximum atomic E-state index is 9.11. The van der Waals surface area contributed by atoms with E-state index >= 15 is 0 Å². The maximum absolute atomic E-state index is 9.11. The number of unbranched alkanes of at least 4 members (excludes halogenated alkanes) is 4. The largest absolute Gasteiger partial charge is 1.00 e. The summed E-state index contributed by atoms with van der Waals surface area (Å²) in [5.74, 6) is 0. The van der Waals surface area contributed by atoms with Gasteiger partial charge in [-0.3, -0.25) is 0 Å². The van der Waals surface area contributed by atoms with Crippen molar-refractivity contribution in [1.82, 2.24) is 0 Å². The molecule has 0 saturated heterocycles. The quantitative estimate of drug-likeness (QED) is 0.280. The molecule has 0 aromatic carbocycles. The van der Waals surface area contributed by atoms with Gasteiger partial charge < -0.3 is 32.2 Å². The Bertz CT molecular complexity index is 158. The van der Waals surface area contributed by atoms with Gasteiger partial charge in [-0.2, -0.15) is 0 Å². The molecule has 3 N–H and O–H groups in total. The van der Waals surface area contributed by atoms with Gasteiger partial charge in [0.1, 0.15) is 6.54 Å². The molecule has 0 aromatic rings. The number of likely N-dealkylation sites (N-methyl/N-ethyl adjacent to an activating group) is 1. The zero-order valence-corrected chi connectivity index (χ0v) is 12.4. The number of nitrogens with zero attached hydrogens (tertiary/aromatic N) is 1. The van der Waals surface area contributed by atoms with E-state index in [1.165, 1.54) is 0 Å². The van der Waals surface area contributed by atoms with E-state index in [-0.39, 0.29) is 32.2 Å². The average Bonchev–Trinajstić information content (AvgIpc) is 2.31. The molecule has 5 heteroatoms. The van der Waals surface area contributed by atoms with Gasteiger partial charge in [0.25, 0.3) is 0 Å². The van der Waals surface area contributed by atoms with Gasteiger partial charge in [-0.15, -0.1) is 0 Å². The van der Waals surface area contributed by atoms with Crippen LogP contribution in [0.25, 0.3) is 0 Å². The van der Waals surface area contributed by atoms with Gasteiger partial charge in [0.2, 0.25) is 0 Å². The minimum Gasteiger partial charge on any atom is -1.00 e. The summed E-state index contributed by atoms with van der Waals surface area (Å²) in [5.41, 5.74) is 0. The van der Waals surface area contributed by atoms with Crippen LogP contribution < -0.4 is 12.4 Å². The van der Waals surface area contributed by atoms with Crippen LogP contribution in [0.4, 0.5) is 0 Å². The van der Waals surface area contributed by atoms with E-state index in [1.807, 2.05) is 0 Å². The molecule has 0 rings (SSSR count). The van der Waals surface area contributed by atoms with Crippen LogP contribution in [0.15, 0.2) is 0 Å². The molecule has 0 heterocycles. The summed E-state index contributed by atoms with van der Waals surface area (Å²) in [7, 11) is 2.19. The Morgan fingerprint density at radius 2 is 1.06 bits per heavy atom. The van der Waals surface area contributed by atoms with Gasteiger partial charge in [0, 0.05) is 13.2 Å². The van der Waals surface area contributed by atoms with E-state index in [2.05, 4.69) is 7.05 Å². The van der Waals surface area contributed by atoms with Gasteiger partial charge in [-0.25, -0.2) is 0 Å². The molecule has 0 fully saturated rings. The summed E-state index contributed by atoms with van der Waals surface area (Å²) in [4.78, 5) is 0. The number of hydrogen-bond donors (Lipinski definition) is 3. The molecule has 0 radical (unpaired) electrons. The van der Waals surface area contributed by atoms with E-state index in [1.54, 1.807) is 0 Å². The Morgan fingerprint density at radius 1 is 0.611 bits per heavy atom. The van der Waals surface area contributed by atoms with Crippen molar-refractivity contribution in [3.63, 3.8) is 0 Å². The highest BCUT2D eigenvalue weighted by atomic mass is 35.5. The minimum absolute atomic E-state index is 0. The highest BCUT2D eigenvalue weighted by Crippen LogP contribution is 2.10. The van der Waals surface area contributed by atoms with Gasteiger partial charge in [-0.05, 0) is 38.5 Å². The van der Waals surface area contributed by atoms with Gasteiger partial charge in [0.05, 0.1) is 26.7 Å². The van der Waals surface area contributed by atoms with Crippen LogP contribution in [0.1, 0.15) is 38.5 Å². The maximum Gasteiger partial charge on any atom is 0.102 e. The third kappa shape index (κ3) is 11.2. The Hall–Kier alpha value is 0.130. The summed E-state index contributed by atoms with van der Waals surface area (Å²) >= 11 is 0. The molecule has 0 aliphatic heterocycles. The normalized spacial score (nSPS) is 11.3. The molecule has 0 amide bonds. The molecular formula is C13H30ClNO3. The van der Waals surface area contributed by atoms with Gasteiger partial charge in [0.15, 0.2) is 0 Å². The summed E-state index contributed by atoms with van der Waals surface area (Å²) in [6, 6.07) is 0. The second-order valence-corrected chi connectivity index (χ2v) is 5.08. The van der Waals surface area contributed by atoms with Crippen molar-refractivity contribution < 1.29 is 32.2 Å². The smallest absolute Gasteiger partial charge is 0.102 e. The molecule has 0 spiro atoms. The van der Waals surface area contributed by atoms with Crippen LogP contribution in [0.5, 0.6) is 0 Å². The fourth-order valence-corrected chi connectivity index (χ4v) is 2.14. The number of aliphatic hydroxyl groups is 3. The fourth-order valence-electron chi connectivity index (χ4n) is 2.14. The van der Waals surface area contributed by atoms with Crippen LogP contribution in [0.2, 0.25) is 0 Å². The predicted octanol–water partition coefficient (Wildman–Crippen LogP) is -2.25. The van der Waals surface area contributed by atoms with Crippen molar-refractivity contribution in [1.29, 1.82) is 0 Å². The van der Waals surface area contributed by atoms with Crippen molar-refractivity contribution in [3.05, 3.63) is 0 Å². The number of halogens is 1. The molecule has 112 valence electrons. The zero-order chi connectivity index (χ0) is 13.0. The molecule has 0 unspecified atom stereocenters. The van der Waals surface area contributed by atoms with Crippen molar-refractivity contribution in [2.24, 2.45) is 0 Å². The molecule has 0 aliphatic carbocycles. The van der Waals surface area contributed by atoms with E-state index in [0.29, 0.717) is 0 Å². The number of quaternary nitrogens is 1. The first-order chi connectivity index (χ1) is 8.18. The molecule has 0 atom stereocenters. The lowest BCUT2D eigenvalue weighted by Gasteiger charge is -2.34. The van der Waals surface area contributed by atoms with Crippen LogP contribution in [0.3, 0.4) is 0 Å². The SMILES string of the molecule is C[N+](CCO)(CCCCCO)CCCCCO.[Cl-]. The standard InChI is InChI=1S/C13H30NO3.ClH/c1-14(10-13-17,8-4-2-6-11-15)9-5-3-7-12-16;/h15-17H,2-13H2,1H3;1H/q+1;/p-1. The molecule has 0 saturated carbocycles. The van der Waals surface area contributed by atoms with Crippen molar-refractivity contribution in [2.45, 2.75) is 38.5 Å². The Kier molecular flexibility index (Phi) is 15.4. The van der Waals surface area contributed by atoms with Crippen LogP contribution in [-0.4, -0.2) is 66.3 Å². The molecule has 0 bridgehead atoms. The van der Waals surface area contributed by atoms with Crippen LogP contribution >= 0.6 is 0 Å². The van der Waals surface area contributed by atoms with Gasteiger partial charge in [-0.1, -0.05) is 0 Å². The highest BCUT2D eigenvalue weighted by molar-refractivity contribution is 4.46. The second kappa shape index (κ2) is 13.6. The molecule has 4 nitrogen and oxygen atoms in total. The first-order valence-corrected chi connectivity index (χ1v) is 6.84. The van der Waals surface area contributed by atoms with E-state index in [4.69, 9.17) is 15.3 Å². The Morgan fingerprint density at radius 3 is 1.39 bits per heavy atom. The second-order valence-electron chi connectivity index (χ2n) is 5.08. The summed E-state index contributed by atoms with van der Waals surface area (Å²) in [5, 5.41) is 26.6. The Balaban J connectivity index is 0. The lowest BCUT2D eigenvalue weighted by molar-refractivity contribution is -0.910. The third-order valence-electron chi connectivity index (χ3n) is 3.35. The number of aliphatic hydroxyl groups excluding tert-OH is 3. The van der Waals surface area contributed by atoms with Gasteiger partial charge >= 0.3 is 0 Å². The first kappa shape index (κ1) is 20.4. The minimum atomic E-state index is 0. The van der Waals surface area contributed by atoms with Crippen molar-refractivity contribution >= 4 is 0 Å². The van der Waals surface area contributed by atoms with Crippen LogP contribution in [-0.2, 0) is 0 Å². The summed E-state index contributed by atoms with van der Waals surface area (Å²) in [6.45, 7) is 3.73. The zero-order valence-electron chi connectivity index (χ0n) is 11.7. The average molecular weight is 284 g/mol. The molecular weight excluding hydrogens is 254 g/mol. The van der Waals surface area contributed by atoms with E-state index in [9.17, 15) is 0 Å². The number of hydrogen-bond acceptors (Lipinski definition) is 3. The number of rotatable bonds is 12. The molecule has 18 heavy (non-hydrogen) atoms. The molecule has 0 aromatic heterocycles. The topological polar surface area (TPSA) is 60.7 Å². The monoisotopic (exact) mass is 283 g/mol. The summed E-state index contributed by atoms with van der Waals surface area (Å²) in [6.07, 6.45) is 6.10. The third-order valence-corrected chi connectivity index (χ3v) is 3.35. The first-order valence-electron chi connectivity index (χ1n) is 6.84. The Labute approximate surface area is 118 Å². The van der Waals surface area contributed by atoms with Crippen LogP contribution in [0, 0.1) is 0 Å². The lowest BCUT2D eigenvalue weighted by Crippen LogP contribution is -3.00.